The van der Waals surface area contributed by atoms with Crippen molar-refractivity contribution in [2.75, 3.05) is 14.2 Å². The van der Waals surface area contributed by atoms with Gasteiger partial charge >= 0.3 is 0 Å². The molecule has 0 aliphatic heterocycles. The third-order valence-electron chi connectivity index (χ3n) is 3.83. The standard InChI is InChI=1S/C15H23NO3/c1-14(2,15(3,4)16)13(17)12-10(18-5)8-7-9-11(12)19-6/h7-9H,16H2,1-6H3. The molecule has 0 fully saturated rings. The second-order valence-electron chi connectivity index (χ2n) is 5.71. The summed E-state index contributed by atoms with van der Waals surface area (Å²) < 4.78 is 10.6. The van der Waals surface area contributed by atoms with Crippen LogP contribution in [0.15, 0.2) is 18.2 Å². The fraction of sp³-hybridized carbons (Fsp3) is 0.533. The van der Waals surface area contributed by atoms with Gasteiger partial charge in [-0.1, -0.05) is 19.9 Å². The van der Waals surface area contributed by atoms with Crippen molar-refractivity contribution in [3.63, 3.8) is 0 Å². The SMILES string of the molecule is COc1cccc(OC)c1C(=O)C(C)(C)C(C)(C)N. The van der Waals surface area contributed by atoms with E-state index in [1.807, 2.05) is 27.7 Å². The molecule has 1 aromatic rings. The quantitative estimate of drug-likeness (QED) is 0.831. The Balaban J connectivity index is 3.42. The summed E-state index contributed by atoms with van der Waals surface area (Å²) in [5, 5.41) is 0. The largest absolute Gasteiger partial charge is 0.496 e. The first-order valence-electron chi connectivity index (χ1n) is 6.21. The van der Waals surface area contributed by atoms with Crippen LogP contribution >= 0.6 is 0 Å². The smallest absolute Gasteiger partial charge is 0.177 e. The highest BCUT2D eigenvalue weighted by Gasteiger charge is 2.42. The fourth-order valence-corrected chi connectivity index (χ4v) is 1.68. The van der Waals surface area contributed by atoms with Gasteiger partial charge in [0.25, 0.3) is 0 Å². The summed E-state index contributed by atoms with van der Waals surface area (Å²) in [5.41, 5.74) is 5.17. The highest BCUT2D eigenvalue weighted by molar-refractivity contribution is 6.05. The average molecular weight is 265 g/mol. The molecule has 0 heterocycles. The van der Waals surface area contributed by atoms with Gasteiger partial charge in [0.05, 0.1) is 14.2 Å². The van der Waals surface area contributed by atoms with Crippen LogP contribution in [0.1, 0.15) is 38.1 Å². The lowest BCUT2D eigenvalue weighted by Crippen LogP contribution is -2.51. The van der Waals surface area contributed by atoms with Crippen molar-refractivity contribution >= 4 is 5.78 Å². The van der Waals surface area contributed by atoms with Crippen molar-refractivity contribution in [1.82, 2.24) is 0 Å². The number of methoxy groups -OCH3 is 2. The van der Waals surface area contributed by atoms with Crippen molar-refractivity contribution in [3.8, 4) is 11.5 Å². The van der Waals surface area contributed by atoms with Gasteiger partial charge in [0.15, 0.2) is 5.78 Å². The molecule has 0 saturated heterocycles. The molecule has 1 rings (SSSR count). The molecule has 0 aromatic heterocycles. The van der Waals surface area contributed by atoms with Crippen LogP contribution in [0.4, 0.5) is 0 Å². The Hall–Kier alpha value is -1.55. The molecule has 0 unspecified atom stereocenters. The molecule has 0 spiro atoms. The van der Waals surface area contributed by atoms with Gasteiger partial charge in [0.1, 0.15) is 17.1 Å². The Kier molecular flexibility index (Phi) is 4.25. The predicted molar refractivity (Wildman–Crippen MR) is 75.9 cm³/mol. The Morgan fingerprint density at radius 1 is 1.05 bits per heavy atom. The molecule has 0 saturated carbocycles. The van der Waals surface area contributed by atoms with Crippen LogP contribution in [0.3, 0.4) is 0 Å². The first-order valence-corrected chi connectivity index (χ1v) is 6.21. The van der Waals surface area contributed by atoms with Crippen LogP contribution in [-0.4, -0.2) is 25.5 Å². The zero-order valence-electron chi connectivity index (χ0n) is 12.5. The molecule has 4 heteroatoms. The van der Waals surface area contributed by atoms with E-state index in [9.17, 15) is 4.79 Å². The molecule has 0 aliphatic rings. The van der Waals surface area contributed by atoms with E-state index < -0.39 is 11.0 Å². The summed E-state index contributed by atoms with van der Waals surface area (Å²) in [7, 11) is 3.07. The number of ether oxygens (including phenoxy) is 2. The molecule has 0 radical (unpaired) electrons. The molecular formula is C15H23NO3. The number of Topliss-reactive ketones (excluding diaryl/α,β-unsaturated/α-hetero) is 1. The Morgan fingerprint density at radius 2 is 1.47 bits per heavy atom. The Bertz CT molecular complexity index is 451. The summed E-state index contributed by atoms with van der Waals surface area (Å²) in [6, 6.07) is 5.28. The van der Waals surface area contributed by atoms with Gasteiger partial charge in [-0.15, -0.1) is 0 Å². The maximum atomic E-state index is 12.8. The summed E-state index contributed by atoms with van der Waals surface area (Å²) >= 11 is 0. The average Bonchev–Trinajstić information content (AvgIpc) is 2.35. The normalized spacial score (nSPS) is 12.2. The van der Waals surface area contributed by atoms with E-state index in [-0.39, 0.29) is 5.78 Å². The molecular weight excluding hydrogens is 242 g/mol. The maximum absolute atomic E-state index is 12.8. The van der Waals surface area contributed by atoms with Gasteiger partial charge in [-0.25, -0.2) is 0 Å². The zero-order valence-corrected chi connectivity index (χ0v) is 12.5. The van der Waals surface area contributed by atoms with Gasteiger partial charge in [0, 0.05) is 11.0 Å². The number of rotatable bonds is 5. The van der Waals surface area contributed by atoms with Crippen LogP contribution in [0.25, 0.3) is 0 Å². The monoisotopic (exact) mass is 265 g/mol. The highest BCUT2D eigenvalue weighted by Crippen LogP contribution is 2.38. The number of benzene rings is 1. The van der Waals surface area contributed by atoms with Crippen molar-refractivity contribution in [1.29, 1.82) is 0 Å². The molecule has 0 atom stereocenters. The first kappa shape index (κ1) is 15.5. The lowest BCUT2D eigenvalue weighted by atomic mass is 9.70. The minimum absolute atomic E-state index is 0.0886. The van der Waals surface area contributed by atoms with Gasteiger partial charge in [-0.2, -0.15) is 0 Å². The number of ketones is 1. The molecule has 1 aromatic carbocycles. The minimum atomic E-state index is -0.741. The van der Waals surface area contributed by atoms with E-state index in [1.165, 1.54) is 14.2 Å². The summed E-state index contributed by atoms with van der Waals surface area (Å²) in [6.45, 7) is 7.35. The van der Waals surface area contributed by atoms with Gasteiger partial charge in [-0.05, 0) is 26.0 Å². The van der Waals surface area contributed by atoms with E-state index in [0.717, 1.165) is 0 Å². The second kappa shape index (κ2) is 5.21. The lowest BCUT2D eigenvalue weighted by Gasteiger charge is -2.37. The number of carbonyl (C=O) groups excluding carboxylic acids is 1. The predicted octanol–water partition coefficient (Wildman–Crippen LogP) is 2.65. The van der Waals surface area contributed by atoms with Gasteiger partial charge in [-0.3, -0.25) is 4.79 Å². The van der Waals surface area contributed by atoms with E-state index >= 15 is 0 Å². The molecule has 2 N–H and O–H groups in total. The van der Waals surface area contributed by atoms with E-state index in [1.54, 1.807) is 18.2 Å². The number of hydrogen-bond donors (Lipinski definition) is 1. The molecule has 19 heavy (non-hydrogen) atoms. The van der Waals surface area contributed by atoms with Crippen molar-refractivity contribution in [3.05, 3.63) is 23.8 Å². The molecule has 0 bridgehead atoms. The van der Waals surface area contributed by atoms with Crippen molar-refractivity contribution < 1.29 is 14.3 Å². The number of carbonyl (C=O) groups is 1. The first-order chi connectivity index (χ1) is 8.66. The zero-order chi connectivity index (χ0) is 14.8. The fourth-order valence-electron chi connectivity index (χ4n) is 1.68. The molecule has 106 valence electrons. The maximum Gasteiger partial charge on any atom is 0.177 e. The number of hydrogen-bond acceptors (Lipinski definition) is 4. The summed E-state index contributed by atoms with van der Waals surface area (Å²) in [4.78, 5) is 12.8. The molecule has 0 amide bonds. The van der Waals surface area contributed by atoms with Crippen LogP contribution < -0.4 is 15.2 Å². The third-order valence-corrected chi connectivity index (χ3v) is 3.83. The second-order valence-corrected chi connectivity index (χ2v) is 5.71. The Labute approximate surface area is 114 Å². The third kappa shape index (κ3) is 2.73. The van der Waals surface area contributed by atoms with E-state index in [0.29, 0.717) is 17.1 Å². The van der Waals surface area contributed by atoms with Crippen LogP contribution in [0, 0.1) is 5.41 Å². The molecule has 4 nitrogen and oxygen atoms in total. The van der Waals surface area contributed by atoms with Crippen molar-refractivity contribution in [2.24, 2.45) is 11.1 Å². The highest BCUT2D eigenvalue weighted by atomic mass is 16.5. The van der Waals surface area contributed by atoms with E-state index in [2.05, 4.69) is 0 Å². The minimum Gasteiger partial charge on any atom is -0.496 e. The van der Waals surface area contributed by atoms with Gasteiger partial charge in [0.2, 0.25) is 0 Å². The summed E-state index contributed by atoms with van der Waals surface area (Å²) in [6.07, 6.45) is 0. The topological polar surface area (TPSA) is 61.5 Å². The van der Waals surface area contributed by atoms with Crippen molar-refractivity contribution in [2.45, 2.75) is 33.2 Å². The van der Waals surface area contributed by atoms with Crippen LogP contribution in [-0.2, 0) is 0 Å². The molecule has 0 aliphatic carbocycles. The summed E-state index contributed by atoms with van der Waals surface area (Å²) in [5.74, 6) is 0.914. The number of nitrogens with two attached hydrogens (primary N) is 1. The Morgan fingerprint density at radius 3 is 1.79 bits per heavy atom. The van der Waals surface area contributed by atoms with Crippen LogP contribution in [0.5, 0.6) is 11.5 Å². The van der Waals surface area contributed by atoms with Gasteiger partial charge < -0.3 is 15.2 Å². The van der Waals surface area contributed by atoms with Crippen LogP contribution in [0.2, 0.25) is 0 Å². The lowest BCUT2D eigenvalue weighted by molar-refractivity contribution is 0.0728. The van der Waals surface area contributed by atoms with E-state index in [4.69, 9.17) is 15.2 Å².